The van der Waals surface area contributed by atoms with Gasteiger partial charge in [-0.2, -0.15) is 5.26 Å². The lowest BCUT2D eigenvalue weighted by Gasteiger charge is -2.13. The Hall–Kier alpha value is -2.53. The van der Waals surface area contributed by atoms with Crippen molar-refractivity contribution in [1.29, 1.82) is 5.26 Å². The second-order valence-electron chi connectivity index (χ2n) is 5.62. The first kappa shape index (κ1) is 20.2. The van der Waals surface area contributed by atoms with Crippen molar-refractivity contribution < 1.29 is 13.9 Å². The number of nitrogens with zero attached hydrogens (tertiary/aromatic N) is 1. The fourth-order valence-corrected chi connectivity index (χ4v) is 3.23. The third-order valence-corrected chi connectivity index (χ3v) is 4.89. The molecule has 0 aliphatic heterocycles. The third-order valence-electron chi connectivity index (χ3n) is 3.71. The van der Waals surface area contributed by atoms with Crippen LogP contribution in [0, 0.1) is 17.1 Å². The van der Waals surface area contributed by atoms with E-state index in [4.69, 9.17) is 33.2 Å². The molecule has 0 aliphatic carbocycles. The van der Waals surface area contributed by atoms with Crippen molar-refractivity contribution in [3.63, 3.8) is 0 Å². The molecule has 2 aromatic carbocycles. The van der Waals surface area contributed by atoms with Gasteiger partial charge >= 0.3 is 0 Å². The molecular formula is C19H11BrCl2FN3O2. The van der Waals surface area contributed by atoms with Crippen molar-refractivity contribution in [2.24, 2.45) is 0 Å². The number of aromatic nitrogens is 1. The number of amides is 1. The zero-order chi connectivity index (χ0) is 20.3. The van der Waals surface area contributed by atoms with Gasteiger partial charge in [-0.25, -0.2) is 4.39 Å². The van der Waals surface area contributed by atoms with Crippen molar-refractivity contribution in [2.75, 3.05) is 0 Å². The number of rotatable bonds is 5. The van der Waals surface area contributed by atoms with Gasteiger partial charge in [0.2, 0.25) is 0 Å². The van der Waals surface area contributed by atoms with Crippen LogP contribution in [0.1, 0.15) is 21.6 Å². The van der Waals surface area contributed by atoms with Gasteiger partial charge in [0.25, 0.3) is 5.91 Å². The fourth-order valence-electron chi connectivity index (χ4n) is 2.40. The minimum Gasteiger partial charge on any atom is -0.453 e. The van der Waals surface area contributed by atoms with Gasteiger partial charge in [-0.1, -0.05) is 29.3 Å². The molecule has 0 spiro atoms. The quantitative estimate of drug-likeness (QED) is 0.481. The number of benzene rings is 2. The number of nitrogens with one attached hydrogen (secondary N) is 2. The number of hydrogen-bond donors (Lipinski definition) is 2. The van der Waals surface area contributed by atoms with E-state index in [0.717, 1.165) is 0 Å². The van der Waals surface area contributed by atoms with Crippen molar-refractivity contribution in [3.8, 4) is 17.6 Å². The van der Waals surface area contributed by atoms with Crippen LogP contribution in [0.25, 0.3) is 0 Å². The molecule has 28 heavy (non-hydrogen) atoms. The maximum Gasteiger partial charge on any atom is 0.269 e. The molecule has 1 heterocycles. The average Bonchev–Trinajstić information content (AvgIpc) is 3.09. The fraction of sp³-hybridized carbons (Fsp3) is 0.0526. The van der Waals surface area contributed by atoms with Gasteiger partial charge in [0.05, 0.1) is 16.7 Å². The Bertz CT molecular complexity index is 1100. The standard InChI is InChI=1S/C19H11BrCl2FN3O2/c20-14-3-4-25-17(14)19(27)26-9-11-1-2-15(22)18(16(11)23)28-13-6-10(8-24)5-12(21)7-13/h1-7,25H,9H2,(H,26,27). The number of H-pyrrole nitrogens is 1. The van der Waals surface area contributed by atoms with E-state index < -0.39 is 11.7 Å². The second-order valence-corrected chi connectivity index (χ2v) is 7.32. The summed E-state index contributed by atoms with van der Waals surface area (Å²) in [6, 6.07) is 10.8. The van der Waals surface area contributed by atoms with Crippen molar-refractivity contribution in [1.82, 2.24) is 10.3 Å². The first-order valence-corrected chi connectivity index (χ1v) is 9.40. The Morgan fingerprint density at radius 3 is 2.75 bits per heavy atom. The molecule has 0 saturated heterocycles. The molecule has 0 saturated carbocycles. The summed E-state index contributed by atoms with van der Waals surface area (Å²) in [6.07, 6.45) is 1.61. The first-order chi connectivity index (χ1) is 13.4. The Labute approximate surface area is 178 Å². The number of carbonyl (C=O) groups excluding carboxylic acids is 1. The summed E-state index contributed by atoms with van der Waals surface area (Å²) in [6.45, 7) is -0.0807. The van der Waals surface area contributed by atoms with Crippen LogP contribution in [0.3, 0.4) is 0 Å². The van der Waals surface area contributed by atoms with Crippen LogP contribution in [0.5, 0.6) is 11.5 Å². The predicted octanol–water partition coefficient (Wildman–Crippen LogP) is 5.82. The van der Waals surface area contributed by atoms with Crippen LogP contribution >= 0.6 is 39.1 Å². The highest BCUT2D eigenvalue weighted by atomic mass is 79.9. The van der Waals surface area contributed by atoms with E-state index in [-0.39, 0.29) is 39.2 Å². The molecule has 1 aromatic heterocycles. The summed E-state index contributed by atoms with van der Waals surface area (Å²) >= 11 is 15.3. The van der Waals surface area contributed by atoms with Crippen molar-refractivity contribution in [2.45, 2.75) is 6.54 Å². The molecule has 142 valence electrons. The van der Waals surface area contributed by atoms with Crippen LogP contribution in [-0.2, 0) is 6.54 Å². The zero-order valence-electron chi connectivity index (χ0n) is 14.0. The molecule has 1 amide bonds. The summed E-state index contributed by atoms with van der Waals surface area (Å²) in [7, 11) is 0. The highest BCUT2D eigenvalue weighted by Gasteiger charge is 2.17. The number of aromatic amines is 1. The minimum atomic E-state index is -0.725. The molecule has 0 bridgehead atoms. The topological polar surface area (TPSA) is 77.9 Å². The number of hydrogen-bond acceptors (Lipinski definition) is 3. The summed E-state index contributed by atoms with van der Waals surface area (Å²) in [5.41, 5.74) is 0.769. The molecule has 3 rings (SSSR count). The normalized spacial score (nSPS) is 10.4. The van der Waals surface area contributed by atoms with Crippen LogP contribution in [0.15, 0.2) is 47.1 Å². The summed E-state index contributed by atoms with van der Waals surface area (Å²) < 4.78 is 21.0. The minimum absolute atomic E-state index is 0.0400. The Kier molecular flexibility index (Phi) is 6.25. The lowest BCUT2D eigenvalue weighted by atomic mass is 10.2. The zero-order valence-corrected chi connectivity index (χ0v) is 17.1. The van der Waals surface area contributed by atoms with Crippen molar-refractivity contribution >= 4 is 45.0 Å². The van der Waals surface area contributed by atoms with E-state index in [0.29, 0.717) is 10.2 Å². The molecule has 0 unspecified atom stereocenters. The average molecular weight is 483 g/mol. The number of nitriles is 1. The first-order valence-electron chi connectivity index (χ1n) is 7.85. The van der Waals surface area contributed by atoms with Gasteiger partial charge in [0.15, 0.2) is 11.6 Å². The Morgan fingerprint density at radius 2 is 2.07 bits per heavy atom. The highest BCUT2D eigenvalue weighted by Crippen LogP contribution is 2.35. The molecular weight excluding hydrogens is 472 g/mol. The molecule has 0 aliphatic rings. The molecule has 9 heteroatoms. The van der Waals surface area contributed by atoms with E-state index in [1.807, 2.05) is 6.07 Å². The Balaban J connectivity index is 1.82. The molecule has 0 radical (unpaired) electrons. The van der Waals surface area contributed by atoms with Crippen LogP contribution < -0.4 is 10.1 Å². The van der Waals surface area contributed by atoms with Crippen LogP contribution in [0.2, 0.25) is 10.0 Å². The SMILES string of the molecule is N#Cc1cc(Cl)cc(Oc2c(Cl)ccc(CNC(=O)c3[nH]ccc3Br)c2F)c1. The van der Waals surface area contributed by atoms with Crippen LogP contribution in [-0.4, -0.2) is 10.9 Å². The van der Waals surface area contributed by atoms with Crippen molar-refractivity contribution in [3.05, 3.63) is 79.8 Å². The molecule has 5 nitrogen and oxygen atoms in total. The third kappa shape index (κ3) is 4.47. The number of halogens is 4. The van der Waals surface area contributed by atoms with E-state index in [1.54, 1.807) is 12.3 Å². The highest BCUT2D eigenvalue weighted by molar-refractivity contribution is 9.10. The smallest absolute Gasteiger partial charge is 0.269 e. The van der Waals surface area contributed by atoms with E-state index >= 15 is 0 Å². The number of ether oxygens (including phenoxy) is 1. The molecule has 0 fully saturated rings. The Morgan fingerprint density at radius 1 is 1.29 bits per heavy atom. The van der Waals surface area contributed by atoms with Crippen LogP contribution in [0.4, 0.5) is 4.39 Å². The van der Waals surface area contributed by atoms with E-state index in [1.165, 1.54) is 30.3 Å². The number of carbonyl (C=O) groups is 1. The van der Waals surface area contributed by atoms with Gasteiger partial charge in [0, 0.05) is 27.8 Å². The lowest BCUT2D eigenvalue weighted by Crippen LogP contribution is -2.24. The van der Waals surface area contributed by atoms with Gasteiger partial charge in [-0.15, -0.1) is 0 Å². The van der Waals surface area contributed by atoms with E-state index in [9.17, 15) is 9.18 Å². The molecule has 3 aromatic rings. The molecule has 2 N–H and O–H groups in total. The van der Waals surface area contributed by atoms with Gasteiger partial charge in [0.1, 0.15) is 11.4 Å². The summed E-state index contributed by atoms with van der Waals surface area (Å²) in [5, 5.41) is 11.9. The van der Waals surface area contributed by atoms with E-state index in [2.05, 4.69) is 26.2 Å². The monoisotopic (exact) mass is 481 g/mol. The summed E-state index contributed by atoms with van der Waals surface area (Å²) in [4.78, 5) is 15.0. The maximum absolute atomic E-state index is 14.9. The second kappa shape index (κ2) is 8.65. The van der Waals surface area contributed by atoms with Gasteiger partial charge in [-0.3, -0.25) is 4.79 Å². The lowest BCUT2D eigenvalue weighted by molar-refractivity contribution is 0.0945. The summed E-state index contributed by atoms with van der Waals surface area (Å²) in [5.74, 6) is -1.18. The largest absolute Gasteiger partial charge is 0.453 e. The van der Waals surface area contributed by atoms with Gasteiger partial charge < -0.3 is 15.0 Å². The maximum atomic E-state index is 14.9. The molecule has 0 atom stereocenters. The van der Waals surface area contributed by atoms with Gasteiger partial charge in [-0.05, 0) is 46.3 Å². The predicted molar refractivity (Wildman–Crippen MR) is 107 cm³/mol.